The second-order valence-corrected chi connectivity index (χ2v) is 9.09. The molecule has 3 rings (SSSR count). The van der Waals surface area contributed by atoms with Gasteiger partial charge >= 0.3 is 5.97 Å². The molecular formula is C24H33ClN4O3. The number of pyridine rings is 2. The van der Waals surface area contributed by atoms with Gasteiger partial charge < -0.3 is 19.7 Å². The van der Waals surface area contributed by atoms with E-state index in [9.17, 15) is 4.79 Å². The number of ether oxygens (including phenoxy) is 2. The van der Waals surface area contributed by atoms with Gasteiger partial charge in [0.2, 0.25) is 0 Å². The summed E-state index contributed by atoms with van der Waals surface area (Å²) in [6.45, 7) is 8.85. The molecule has 1 fully saturated rings. The molecule has 1 N–H and O–H groups in total. The fraction of sp³-hybridized carbons (Fsp3) is 0.542. The Kier molecular flexibility index (Phi) is 8.70. The van der Waals surface area contributed by atoms with E-state index in [1.165, 1.54) is 7.11 Å². The molecule has 0 aromatic carbocycles. The highest BCUT2D eigenvalue weighted by atomic mass is 35.5. The van der Waals surface area contributed by atoms with Crippen molar-refractivity contribution in [2.45, 2.75) is 52.0 Å². The number of nitrogens with one attached hydrogen (secondary N) is 1. The highest BCUT2D eigenvalue weighted by Gasteiger charge is 2.26. The summed E-state index contributed by atoms with van der Waals surface area (Å²) in [7, 11) is 1.41. The van der Waals surface area contributed by atoms with Gasteiger partial charge in [0.25, 0.3) is 0 Å². The van der Waals surface area contributed by atoms with Gasteiger partial charge in [-0.2, -0.15) is 0 Å². The minimum atomic E-state index is -0.235. The van der Waals surface area contributed by atoms with Gasteiger partial charge in [-0.3, -0.25) is 4.79 Å². The monoisotopic (exact) mass is 460 g/mol. The number of esters is 1. The molecule has 174 valence electrons. The molecular weight excluding hydrogens is 428 g/mol. The van der Waals surface area contributed by atoms with Gasteiger partial charge in [-0.25, -0.2) is 9.97 Å². The smallest absolute Gasteiger partial charge is 0.306 e. The van der Waals surface area contributed by atoms with Crippen molar-refractivity contribution in [3.63, 3.8) is 0 Å². The maximum Gasteiger partial charge on any atom is 0.306 e. The molecule has 0 spiro atoms. The van der Waals surface area contributed by atoms with E-state index in [-0.39, 0.29) is 11.9 Å². The van der Waals surface area contributed by atoms with Crippen LogP contribution in [-0.2, 0) is 14.3 Å². The van der Waals surface area contributed by atoms with Crippen LogP contribution >= 0.6 is 11.6 Å². The van der Waals surface area contributed by atoms with Crippen molar-refractivity contribution in [3.05, 3.63) is 41.3 Å². The first-order valence-corrected chi connectivity index (χ1v) is 11.5. The van der Waals surface area contributed by atoms with Crippen LogP contribution in [0.5, 0.6) is 0 Å². The Morgan fingerprint density at radius 2 is 2.00 bits per heavy atom. The van der Waals surface area contributed by atoms with Gasteiger partial charge in [0.1, 0.15) is 5.15 Å². The van der Waals surface area contributed by atoms with Crippen molar-refractivity contribution >= 4 is 34.8 Å². The first kappa shape index (κ1) is 24.3. The predicted molar refractivity (Wildman–Crippen MR) is 128 cm³/mol. The molecule has 0 amide bonds. The van der Waals surface area contributed by atoms with Crippen LogP contribution < -0.4 is 10.2 Å². The molecule has 1 aliphatic heterocycles. The van der Waals surface area contributed by atoms with Crippen LogP contribution in [-0.4, -0.2) is 48.8 Å². The number of carbonyl (C=O) groups is 1. The zero-order valence-electron chi connectivity index (χ0n) is 19.3. The summed E-state index contributed by atoms with van der Waals surface area (Å²) in [5, 5.41) is 3.92. The van der Waals surface area contributed by atoms with Crippen molar-refractivity contribution in [2.75, 3.05) is 37.1 Å². The van der Waals surface area contributed by atoms with Crippen LogP contribution in [0.3, 0.4) is 0 Å². The van der Waals surface area contributed by atoms with Crippen LogP contribution in [0.15, 0.2) is 30.6 Å². The number of anilines is 3. The highest BCUT2D eigenvalue weighted by Crippen LogP contribution is 2.34. The van der Waals surface area contributed by atoms with Crippen LogP contribution in [0.2, 0.25) is 5.15 Å². The Balaban J connectivity index is 1.99. The molecule has 1 saturated heterocycles. The summed E-state index contributed by atoms with van der Waals surface area (Å²) in [5.41, 5.74) is 2.68. The lowest BCUT2D eigenvalue weighted by molar-refractivity contribution is -0.140. The zero-order valence-corrected chi connectivity index (χ0v) is 20.1. The molecule has 0 radical (unpaired) electrons. The Bertz CT molecular complexity index is 885. The summed E-state index contributed by atoms with van der Waals surface area (Å²) in [6, 6.07) is 6.09. The van der Waals surface area contributed by atoms with Crippen LogP contribution in [0.25, 0.3) is 0 Å². The summed E-state index contributed by atoms with van der Waals surface area (Å²) in [4.78, 5) is 23.3. The summed E-state index contributed by atoms with van der Waals surface area (Å²) >= 11 is 5.97. The normalized spacial score (nSPS) is 15.4. The van der Waals surface area contributed by atoms with Crippen molar-refractivity contribution in [1.29, 1.82) is 0 Å². The average molecular weight is 461 g/mol. The Morgan fingerprint density at radius 1 is 1.25 bits per heavy atom. The molecule has 0 unspecified atom stereocenters. The van der Waals surface area contributed by atoms with Gasteiger partial charge in [-0.05, 0) is 48.4 Å². The van der Waals surface area contributed by atoms with Crippen molar-refractivity contribution in [3.8, 4) is 0 Å². The summed E-state index contributed by atoms with van der Waals surface area (Å²) in [5.74, 6) is 1.12. The number of nitrogens with zero attached hydrogens (tertiary/aromatic N) is 3. The molecule has 1 atom stereocenters. The number of carbonyl (C=O) groups excluding carboxylic acids is 1. The SMILES string of the molecule is COC(=O)C[C@@H](C)c1cnc(N(CC(C)C)C2CCOCC2)c(Nc2ccc(Cl)nc2)c1. The van der Waals surface area contributed by atoms with Crippen LogP contribution in [0.1, 0.15) is 51.5 Å². The molecule has 2 aromatic heterocycles. The van der Waals surface area contributed by atoms with Crippen molar-refractivity contribution < 1.29 is 14.3 Å². The van der Waals surface area contributed by atoms with E-state index in [1.807, 2.05) is 19.2 Å². The minimum Gasteiger partial charge on any atom is -0.469 e. The van der Waals surface area contributed by atoms with Gasteiger partial charge in [0.15, 0.2) is 5.82 Å². The number of aromatic nitrogens is 2. The maximum absolute atomic E-state index is 11.8. The van der Waals surface area contributed by atoms with E-state index < -0.39 is 0 Å². The van der Waals surface area contributed by atoms with Gasteiger partial charge in [-0.15, -0.1) is 0 Å². The number of hydrogen-bond acceptors (Lipinski definition) is 7. The molecule has 0 aliphatic carbocycles. The second kappa shape index (κ2) is 11.5. The van der Waals surface area contributed by atoms with E-state index in [2.05, 4.69) is 35.1 Å². The lowest BCUT2D eigenvalue weighted by Crippen LogP contribution is -2.42. The molecule has 7 nitrogen and oxygen atoms in total. The van der Waals surface area contributed by atoms with Gasteiger partial charge in [-0.1, -0.05) is 32.4 Å². The van der Waals surface area contributed by atoms with E-state index >= 15 is 0 Å². The quantitative estimate of drug-likeness (QED) is 0.408. The molecule has 1 aliphatic rings. The van der Waals surface area contributed by atoms with E-state index in [0.717, 1.165) is 55.4 Å². The lowest BCUT2D eigenvalue weighted by atomic mass is 9.98. The van der Waals surface area contributed by atoms with Crippen molar-refractivity contribution in [1.82, 2.24) is 9.97 Å². The predicted octanol–water partition coefficient (Wildman–Crippen LogP) is 5.18. The standard InChI is InChI=1S/C24H33ClN4O3/c1-16(2)15-29(20-7-9-32-10-8-20)24-21(28-19-5-6-22(25)26-14-19)12-18(13-27-24)17(3)11-23(30)31-4/h5-6,12-14,16-17,20,28H,7-11,15H2,1-4H3/t17-/m1/s1. The molecule has 2 aromatic rings. The van der Waals surface area contributed by atoms with Crippen LogP contribution in [0.4, 0.5) is 17.2 Å². The van der Waals surface area contributed by atoms with E-state index in [4.69, 9.17) is 26.1 Å². The molecule has 0 bridgehead atoms. The fourth-order valence-electron chi connectivity index (χ4n) is 3.92. The Morgan fingerprint density at radius 3 is 2.62 bits per heavy atom. The minimum absolute atomic E-state index is 0.0190. The molecule has 0 saturated carbocycles. The number of methoxy groups -OCH3 is 1. The number of rotatable bonds is 9. The number of hydrogen-bond donors (Lipinski definition) is 1. The average Bonchev–Trinajstić information content (AvgIpc) is 2.79. The Labute approximate surface area is 195 Å². The van der Waals surface area contributed by atoms with Gasteiger partial charge in [0.05, 0.1) is 31.1 Å². The highest BCUT2D eigenvalue weighted by molar-refractivity contribution is 6.29. The lowest BCUT2D eigenvalue weighted by Gasteiger charge is -2.37. The third-order valence-electron chi connectivity index (χ3n) is 5.63. The second-order valence-electron chi connectivity index (χ2n) is 8.71. The third kappa shape index (κ3) is 6.56. The first-order chi connectivity index (χ1) is 15.4. The summed E-state index contributed by atoms with van der Waals surface area (Å²) < 4.78 is 10.4. The molecule has 32 heavy (non-hydrogen) atoms. The zero-order chi connectivity index (χ0) is 23.1. The van der Waals surface area contributed by atoms with Gasteiger partial charge in [0, 0.05) is 32.0 Å². The largest absolute Gasteiger partial charge is 0.469 e. The molecule has 8 heteroatoms. The third-order valence-corrected chi connectivity index (χ3v) is 5.85. The maximum atomic E-state index is 11.8. The van der Waals surface area contributed by atoms with Crippen LogP contribution in [0, 0.1) is 5.92 Å². The number of halogens is 1. The Hall–Kier alpha value is -2.38. The fourth-order valence-corrected chi connectivity index (χ4v) is 4.03. The van der Waals surface area contributed by atoms with E-state index in [0.29, 0.717) is 23.5 Å². The first-order valence-electron chi connectivity index (χ1n) is 11.2. The summed E-state index contributed by atoms with van der Waals surface area (Å²) in [6.07, 6.45) is 5.82. The van der Waals surface area contributed by atoms with E-state index in [1.54, 1.807) is 12.3 Å². The van der Waals surface area contributed by atoms with Crippen molar-refractivity contribution in [2.24, 2.45) is 5.92 Å². The topological polar surface area (TPSA) is 76.6 Å². The molecule has 3 heterocycles.